The number of phenols is 1. The lowest BCUT2D eigenvalue weighted by Gasteiger charge is -2.13. The Morgan fingerprint density at radius 3 is 2.38 bits per heavy atom. The predicted molar refractivity (Wildman–Crippen MR) is 68.8 cm³/mol. The fraction of sp³-hybridized carbons (Fsp3) is 0.154. The van der Waals surface area contributed by atoms with E-state index in [-0.39, 0.29) is 16.1 Å². The molecule has 1 heterocycles. The monoisotopic (exact) mass is 321 g/mol. The molecule has 0 amide bonds. The number of hydrogen-bond donors (Lipinski definition) is 1. The van der Waals surface area contributed by atoms with Crippen LogP contribution in [-0.4, -0.2) is 9.67 Å². The van der Waals surface area contributed by atoms with Gasteiger partial charge in [-0.3, -0.25) is 4.79 Å². The first-order valence-corrected chi connectivity index (χ1v) is 5.96. The zero-order valence-corrected chi connectivity index (χ0v) is 11.3. The highest BCUT2D eigenvalue weighted by molar-refractivity contribution is 6.32. The van der Waals surface area contributed by atoms with Gasteiger partial charge < -0.3 is 9.67 Å². The van der Waals surface area contributed by atoms with Crippen molar-refractivity contribution in [3.63, 3.8) is 0 Å². The van der Waals surface area contributed by atoms with Crippen molar-refractivity contribution in [1.29, 1.82) is 0 Å². The van der Waals surface area contributed by atoms with Gasteiger partial charge in [0.05, 0.1) is 10.6 Å². The molecule has 3 nitrogen and oxygen atoms in total. The number of nitrogens with zero attached hydrogens (tertiary/aromatic N) is 1. The van der Waals surface area contributed by atoms with Crippen LogP contribution in [0.1, 0.15) is 5.69 Å². The standard InChI is InChI=1S/C13H8ClF4NO2/c1-19-11(13(16,17)18)3-2-6(12(19)21)7-4-10(20)8(14)5-9(7)15/h2-5,20H,1H3. The number of benzene rings is 1. The molecule has 0 atom stereocenters. The third-order valence-electron chi connectivity index (χ3n) is 2.92. The van der Waals surface area contributed by atoms with Crippen LogP contribution in [0.15, 0.2) is 29.1 Å². The van der Waals surface area contributed by atoms with E-state index in [1.54, 1.807) is 0 Å². The number of aromatic hydroxyl groups is 1. The largest absolute Gasteiger partial charge is 0.506 e. The van der Waals surface area contributed by atoms with E-state index in [2.05, 4.69) is 0 Å². The molecule has 21 heavy (non-hydrogen) atoms. The van der Waals surface area contributed by atoms with Gasteiger partial charge in [0.15, 0.2) is 0 Å². The van der Waals surface area contributed by atoms with Crippen molar-refractivity contribution in [2.75, 3.05) is 0 Å². The molecule has 1 N–H and O–H groups in total. The van der Waals surface area contributed by atoms with Crippen LogP contribution >= 0.6 is 11.6 Å². The Hall–Kier alpha value is -2.02. The van der Waals surface area contributed by atoms with E-state index >= 15 is 0 Å². The van der Waals surface area contributed by atoms with E-state index in [1.165, 1.54) is 0 Å². The van der Waals surface area contributed by atoms with Crippen molar-refractivity contribution in [1.82, 2.24) is 4.57 Å². The summed E-state index contributed by atoms with van der Waals surface area (Å²) in [6, 6.07) is 3.20. The van der Waals surface area contributed by atoms with E-state index in [0.717, 1.165) is 25.2 Å². The maximum absolute atomic E-state index is 13.8. The number of alkyl halides is 3. The first-order valence-electron chi connectivity index (χ1n) is 5.58. The minimum absolute atomic E-state index is 0.264. The van der Waals surface area contributed by atoms with Gasteiger partial charge >= 0.3 is 6.18 Å². The molecule has 0 aliphatic heterocycles. The molecule has 2 rings (SSSR count). The van der Waals surface area contributed by atoms with Crippen LogP contribution in [0.4, 0.5) is 17.6 Å². The van der Waals surface area contributed by atoms with Crippen LogP contribution < -0.4 is 5.56 Å². The molecule has 0 unspecified atom stereocenters. The molecule has 0 radical (unpaired) electrons. The Morgan fingerprint density at radius 2 is 1.81 bits per heavy atom. The smallest absolute Gasteiger partial charge is 0.431 e. The van der Waals surface area contributed by atoms with Gasteiger partial charge in [0.2, 0.25) is 0 Å². The predicted octanol–water partition coefficient (Wildman–Crippen LogP) is 3.57. The number of rotatable bonds is 1. The van der Waals surface area contributed by atoms with Crippen LogP contribution in [0.25, 0.3) is 11.1 Å². The van der Waals surface area contributed by atoms with Gasteiger partial charge in [0.1, 0.15) is 17.3 Å². The minimum Gasteiger partial charge on any atom is -0.506 e. The molecule has 0 saturated carbocycles. The van der Waals surface area contributed by atoms with Gasteiger partial charge in [-0.25, -0.2) is 4.39 Å². The average molecular weight is 322 g/mol. The Kier molecular flexibility index (Phi) is 3.71. The third-order valence-corrected chi connectivity index (χ3v) is 3.22. The summed E-state index contributed by atoms with van der Waals surface area (Å²) in [4.78, 5) is 12.0. The second kappa shape index (κ2) is 5.07. The first-order chi connectivity index (χ1) is 9.62. The second-order valence-electron chi connectivity index (χ2n) is 4.28. The highest BCUT2D eigenvalue weighted by atomic mass is 35.5. The van der Waals surface area contributed by atoms with Crippen LogP contribution in [0, 0.1) is 5.82 Å². The molecule has 0 aliphatic carbocycles. The molecule has 2 aromatic rings. The first kappa shape index (κ1) is 15.4. The van der Waals surface area contributed by atoms with Crippen molar-refractivity contribution in [3.8, 4) is 16.9 Å². The summed E-state index contributed by atoms with van der Waals surface area (Å²) in [5, 5.41) is 9.18. The third kappa shape index (κ3) is 2.73. The van der Waals surface area contributed by atoms with E-state index in [1.807, 2.05) is 0 Å². The summed E-state index contributed by atoms with van der Waals surface area (Å²) in [5.74, 6) is -1.40. The van der Waals surface area contributed by atoms with E-state index in [9.17, 15) is 27.5 Å². The summed E-state index contributed by atoms with van der Waals surface area (Å²) < 4.78 is 52.2. The number of phenolic OH excluding ortho intramolecular Hbond substituents is 1. The number of pyridine rings is 1. The molecule has 1 aromatic carbocycles. The van der Waals surface area contributed by atoms with Crippen LogP contribution in [0.3, 0.4) is 0 Å². The zero-order valence-electron chi connectivity index (χ0n) is 10.5. The topological polar surface area (TPSA) is 42.2 Å². The molecule has 0 fully saturated rings. The maximum Gasteiger partial charge on any atom is 0.431 e. The van der Waals surface area contributed by atoms with Crippen molar-refractivity contribution >= 4 is 11.6 Å². The SMILES string of the molecule is Cn1c(C(F)(F)F)ccc(-c2cc(O)c(Cl)cc2F)c1=O. The molecule has 8 heteroatoms. The molecule has 112 valence electrons. The molecular weight excluding hydrogens is 314 g/mol. The Labute approximate surface area is 121 Å². The van der Waals surface area contributed by atoms with Gasteiger partial charge in [-0.2, -0.15) is 13.2 Å². The average Bonchev–Trinajstić information content (AvgIpc) is 2.36. The lowest BCUT2D eigenvalue weighted by Crippen LogP contribution is -2.26. The molecule has 1 aromatic heterocycles. The molecule has 0 bridgehead atoms. The van der Waals surface area contributed by atoms with Crippen LogP contribution in [0.5, 0.6) is 5.75 Å². The summed E-state index contributed by atoms with van der Waals surface area (Å²) in [6.07, 6.45) is -4.70. The van der Waals surface area contributed by atoms with Gasteiger partial charge in [-0.05, 0) is 24.3 Å². The number of aromatic nitrogens is 1. The Morgan fingerprint density at radius 1 is 1.19 bits per heavy atom. The maximum atomic E-state index is 13.8. The van der Waals surface area contributed by atoms with Crippen molar-refractivity contribution in [2.45, 2.75) is 6.18 Å². The second-order valence-corrected chi connectivity index (χ2v) is 4.68. The molecular formula is C13H8ClF4NO2. The van der Waals surface area contributed by atoms with Crippen molar-refractivity contribution < 1.29 is 22.7 Å². The normalized spacial score (nSPS) is 11.7. The lowest BCUT2D eigenvalue weighted by atomic mass is 10.1. The highest BCUT2D eigenvalue weighted by Crippen LogP contribution is 2.33. The van der Waals surface area contributed by atoms with E-state index in [4.69, 9.17) is 11.6 Å². The quantitative estimate of drug-likeness (QED) is 0.816. The van der Waals surface area contributed by atoms with Gasteiger partial charge in [0, 0.05) is 12.6 Å². The van der Waals surface area contributed by atoms with Crippen molar-refractivity contribution in [2.24, 2.45) is 7.05 Å². The Bertz CT molecular complexity index is 768. The van der Waals surface area contributed by atoms with E-state index in [0.29, 0.717) is 10.6 Å². The zero-order chi connectivity index (χ0) is 15.9. The summed E-state index contributed by atoms with van der Waals surface area (Å²) >= 11 is 5.51. The number of halogens is 5. The van der Waals surface area contributed by atoms with Crippen LogP contribution in [-0.2, 0) is 13.2 Å². The Balaban J connectivity index is 2.71. The summed E-state index contributed by atoms with van der Waals surface area (Å²) in [7, 11) is 0.933. The molecule has 0 spiro atoms. The summed E-state index contributed by atoms with van der Waals surface area (Å²) in [6.45, 7) is 0. The van der Waals surface area contributed by atoms with E-state index < -0.39 is 29.0 Å². The minimum atomic E-state index is -4.70. The fourth-order valence-corrected chi connectivity index (χ4v) is 2.02. The molecule has 0 aliphatic rings. The van der Waals surface area contributed by atoms with Gasteiger partial charge in [-0.1, -0.05) is 11.6 Å². The van der Waals surface area contributed by atoms with Crippen LogP contribution in [0.2, 0.25) is 5.02 Å². The fourth-order valence-electron chi connectivity index (χ4n) is 1.87. The van der Waals surface area contributed by atoms with Gasteiger partial charge in [-0.15, -0.1) is 0 Å². The lowest BCUT2D eigenvalue weighted by molar-refractivity contribution is -0.143. The number of hydrogen-bond acceptors (Lipinski definition) is 2. The molecule has 0 saturated heterocycles. The van der Waals surface area contributed by atoms with Crippen molar-refractivity contribution in [3.05, 3.63) is 51.2 Å². The highest BCUT2D eigenvalue weighted by Gasteiger charge is 2.34. The van der Waals surface area contributed by atoms with Gasteiger partial charge in [0.25, 0.3) is 5.56 Å². The summed E-state index contributed by atoms with van der Waals surface area (Å²) in [5.41, 5.74) is -2.83.